The second kappa shape index (κ2) is 15.8. The molecule has 0 unspecified atom stereocenters. The number of unbranched alkanes of at least 4 members (excludes halogenated alkanes) is 3. The van der Waals surface area contributed by atoms with Crippen LogP contribution < -0.4 is 17.0 Å². The first-order chi connectivity index (χ1) is 10.1. The third-order valence-corrected chi connectivity index (χ3v) is 4.28. The van der Waals surface area contributed by atoms with Gasteiger partial charge in [0.15, 0.2) is 0 Å². The lowest BCUT2D eigenvalue weighted by molar-refractivity contribution is -0.929. The maximum atomic E-state index is 11.5. The Kier molecular flexibility index (Phi) is 17.3. The lowest BCUT2D eigenvalue weighted by atomic mass is 10.1. The minimum Gasteiger partial charge on any atom is -1.00 e. The zero-order chi connectivity index (χ0) is 16.0. The standard InChI is InChI=1S/C18H38NO2.BrH/c1-5-9-14-19(15-10-6-2,16-11-7-3)17-12-13-18(20)21-8-4;/h5-17H2,1-4H3;1H/q+1;/p-1. The van der Waals surface area contributed by atoms with Crippen molar-refractivity contribution in [1.29, 1.82) is 0 Å². The van der Waals surface area contributed by atoms with E-state index in [9.17, 15) is 4.79 Å². The van der Waals surface area contributed by atoms with Crippen LogP contribution in [-0.2, 0) is 9.53 Å². The molecule has 22 heavy (non-hydrogen) atoms. The van der Waals surface area contributed by atoms with Crippen molar-refractivity contribution in [3.05, 3.63) is 0 Å². The van der Waals surface area contributed by atoms with Gasteiger partial charge in [0.05, 0.1) is 39.2 Å². The maximum absolute atomic E-state index is 11.5. The van der Waals surface area contributed by atoms with Crippen molar-refractivity contribution in [3.63, 3.8) is 0 Å². The van der Waals surface area contributed by atoms with Crippen LogP contribution in [0.1, 0.15) is 79.1 Å². The van der Waals surface area contributed by atoms with Gasteiger partial charge in [-0.25, -0.2) is 0 Å². The van der Waals surface area contributed by atoms with Gasteiger partial charge in [-0.05, 0) is 26.2 Å². The number of halogens is 1. The lowest BCUT2D eigenvalue weighted by Gasteiger charge is -2.39. The summed E-state index contributed by atoms with van der Waals surface area (Å²) in [5.41, 5.74) is 0. The topological polar surface area (TPSA) is 26.3 Å². The van der Waals surface area contributed by atoms with Gasteiger partial charge in [-0.15, -0.1) is 0 Å². The van der Waals surface area contributed by atoms with Crippen LogP contribution in [0.2, 0.25) is 0 Å². The first-order valence-corrected chi connectivity index (χ1v) is 9.14. The molecule has 0 aliphatic heterocycles. The molecule has 0 N–H and O–H groups in total. The van der Waals surface area contributed by atoms with Crippen molar-refractivity contribution in [2.75, 3.05) is 32.8 Å². The Morgan fingerprint density at radius 1 is 0.773 bits per heavy atom. The Morgan fingerprint density at radius 3 is 1.55 bits per heavy atom. The highest BCUT2D eigenvalue weighted by Crippen LogP contribution is 2.16. The summed E-state index contributed by atoms with van der Waals surface area (Å²) in [7, 11) is 0. The van der Waals surface area contributed by atoms with Gasteiger partial charge in [-0.3, -0.25) is 4.79 Å². The van der Waals surface area contributed by atoms with Gasteiger partial charge >= 0.3 is 5.97 Å². The number of ether oxygens (including phenoxy) is 1. The van der Waals surface area contributed by atoms with Crippen molar-refractivity contribution < 1.29 is 31.0 Å². The molecule has 0 atom stereocenters. The predicted molar refractivity (Wildman–Crippen MR) is 90.3 cm³/mol. The number of quaternary nitrogens is 1. The van der Waals surface area contributed by atoms with Crippen LogP contribution in [-0.4, -0.2) is 43.2 Å². The van der Waals surface area contributed by atoms with E-state index in [2.05, 4.69) is 20.8 Å². The molecule has 0 aromatic rings. The second-order valence-electron chi connectivity index (χ2n) is 6.21. The van der Waals surface area contributed by atoms with Gasteiger partial charge < -0.3 is 26.2 Å². The molecule has 134 valence electrons. The molecule has 0 saturated heterocycles. The van der Waals surface area contributed by atoms with E-state index < -0.39 is 0 Å². The number of hydrogen-bond acceptors (Lipinski definition) is 2. The fraction of sp³-hybridized carbons (Fsp3) is 0.944. The molecule has 0 spiro atoms. The maximum Gasteiger partial charge on any atom is 0.305 e. The molecule has 0 saturated carbocycles. The van der Waals surface area contributed by atoms with E-state index in [-0.39, 0.29) is 23.0 Å². The fourth-order valence-corrected chi connectivity index (χ4v) is 2.94. The van der Waals surface area contributed by atoms with E-state index in [1.807, 2.05) is 6.92 Å². The van der Waals surface area contributed by atoms with Gasteiger partial charge in [-0.1, -0.05) is 40.0 Å². The molecule has 0 amide bonds. The summed E-state index contributed by atoms with van der Waals surface area (Å²) in [5.74, 6) is -0.0305. The molecule has 0 bridgehead atoms. The Morgan fingerprint density at radius 2 is 1.18 bits per heavy atom. The fourth-order valence-electron chi connectivity index (χ4n) is 2.94. The molecule has 0 aromatic carbocycles. The predicted octanol–water partition coefficient (Wildman–Crippen LogP) is 1.55. The molecular weight excluding hydrogens is 342 g/mol. The van der Waals surface area contributed by atoms with Crippen LogP contribution in [0.5, 0.6) is 0 Å². The Labute approximate surface area is 149 Å². The minimum absolute atomic E-state index is 0. The molecular formula is C18H38BrNO2. The first-order valence-electron chi connectivity index (χ1n) is 9.14. The van der Waals surface area contributed by atoms with Crippen molar-refractivity contribution in [1.82, 2.24) is 0 Å². The van der Waals surface area contributed by atoms with E-state index in [4.69, 9.17) is 4.74 Å². The van der Waals surface area contributed by atoms with Crippen LogP contribution in [0.15, 0.2) is 0 Å². The third-order valence-electron chi connectivity index (χ3n) is 4.28. The first kappa shape index (κ1) is 24.2. The highest BCUT2D eigenvalue weighted by molar-refractivity contribution is 5.69. The Bertz CT molecular complexity index is 238. The van der Waals surface area contributed by atoms with Crippen LogP contribution in [0.3, 0.4) is 0 Å². The van der Waals surface area contributed by atoms with Gasteiger partial charge in [-0.2, -0.15) is 0 Å². The number of carbonyl (C=O) groups excluding carboxylic acids is 1. The summed E-state index contributed by atoms with van der Waals surface area (Å²) >= 11 is 0. The van der Waals surface area contributed by atoms with Crippen LogP contribution >= 0.6 is 0 Å². The average Bonchev–Trinajstić information content (AvgIpc) is 2.48. The monoisotopic (exact) mass is 379 g/mol. The van der Waals surface area contributed by atoms with Gasteiger partial charge in [0.2, 0.25) is 0 Å². The molecule has 0 rings (SSSR count). The zero-order valence-corrected chi connectivity index (χ0v) is 16.9. The van der Waals surface area contributed by atoms with Crippen LogP contribution in [0.25, 0.3) is 0 Å². The minimum atomic E-state index is -0.0305. The van der Waals surface area contributed by atoms with E-state index in [0.29, 0.717) is 13.0 Å². The number of rotatable bonds is 14. The molecule has 0 aromatic heterocycles. The van der Waals surface area contributed by atoms with E-state index >= 15 is 0 Å². The Balaban J connectivity index is 0. The summed E-state index contributed by atoms with van der Waals surface area (Å²) in [5, 5.41) is 0. The molecule has 0 aliphatic carbocycles. The Hall–Kier alpha value is -0.0900. The van der Waals surface area contributed by atoms with Crippen molar-refractivity contribution in [3.8, 4) is 0 Å². The SMILES string of the molecule is CCCC[N+](CCCC)(CCCC)CCCC(=O)OCC.[Br-]. The highest BCUT2D eigenvalue weighted by atomic mass is 79.9. The highest BCUT2D eigenvalue weighted by Gasteiger charge is 2.25. The molecule has 0 fully saturated rings. The van der Waals surface area contributed by atoms with Crippen molar-refractivity contribution in [2.45, 2.75) is 79.1 Å². The second-order valence-corrected chi connectivity index (χ2v) is 6.21. The normalized spacial score (nSPS) is 11.1. The van der Waals surface area contributed by atoms with Crippen molar-refractivity contribution >= 4 is 5.97 Å². The number of nitrogens with zero attached hydrogens (tertiary/aromatic N) is 1. The number of hydrogen-bond donors (Lipinski definition) is 0. The number of esters is 1. The van der Waals surface area contributed by atoms with Crippen LogP contribution in [0, 0.1) is 0 Å². The summed E-state index contributed by atoms with van der Waals surface area (Å²) in [6, 6.07) is 0. The largest absolute Gasteiger partial charge is 1.00 e. The van der Waals surface area contributed by atoms with E-state index in [1.165, 1.54) is 62.6 Å². The molecule has 4 heteroatoms. The average molecular weight is 380 g/mol. The summed E-state index contributed by atoms with van der Waals surface area (Å²) in [6.07, 6.45) is 9.23. The van der Waals surface area contributed by atoms with E-state index in [0.717, 1.165) is 13.0 Å². The third kappa shape index (κ3) is 11.5. The summed E-state index contributed by atoms with van der Waals surface area (Å²) in [6.45, 7) is 14.2. The van der Waals surface area contributed by atoms with E-state index in [1.54, 1.807) is 0 Å². The van der Waals surface area contributed by atoms with Gasteiger partial charge in [0.1, 0.15) is 0 Å². The van der Waals surface area contributed by atoms with Gasteiger partial charge in [0.25, 0.3) is 0 Å². The molecule has 0 radical (unpaired) electrons. The lowest BCUT2D eigenvalue weighted by Crippen LogP contribution is -3.00. The molecule has 3 nitrogen and oxygen atoms in total. The summed E-state index contributed by atoms with van der Waals surface area (Å²) in [4.78, 5) is 11.5. The summed E-state index contributed by atoms with van der Waals surface area (Å²) < 4.78 is 6.27. The molecule has 0 aliphatic rings. The zero-order valence-electron chi connectivity index (χ0n) is 15.3. The quantitative estimate of drug-likeness (QED) is 0.338. The number of carbonyl (C=O) groups is 1. The van der Waals surface area contributed by atoms with Crippen molar-refractivity contribution in [2.24, 2.45) is 0 Å². The smallest absolute Gasteiger partial charge is 0.305 e. The molecule has 0 heterocycles. The van der Waals surface area contributed by atoms with Crippen LogP contribution in [0.4, 0.5) is 0 Å². The van der Waals surface area contributed by atoms with Gasteiger partial charge in [0, 0.05) is 6.42 Å².